The van der Waals surface area contributed by atoms with Crippen LogP contribution in [0.4, 0.5) is 0 Å². The summed E-state index contributed by atoms with van der Waals surface area (Å²) in [6, 6.07) is 0. The Morgan fingerprint density at radius 1 is 1.23 bits per heavy atom. The highest BCUT2D eigenvalue weighted by Gasteiger charge is 2.32. The average molecular weight is 210 g/mol. The van der Waals surface area contributed by atoms with E-state index in [4.69, 9.17) is 9.05 Å². The summed E-state index contributed by atoms with van der Waals surface area (Å²) in [6.45, 7) is 5.94. The summed E-state index contributed by atoms with van der Waals surface area (Å²) in [6.07, 6.45) is 1.20. The Hall–Kier alpha value is 0.110. The average Bonchev–Trinajstić information content (AvgIpc) is 2.05. The first-order chi connectivity index (χ1) is 6.10. The standard InChI is InChI=1S/C8H19O4P/c1-4-7-8(9)13(10,11-5-2)12-6-3/h8-9H,4-7H2,1-3H3. The molecule has 13 heavy (non-hydrogen) atoms. The van der Waals surface area contributed by atoms with Crippen LogP contribution < -0.4 is 0 Å². The smallest absolute Gasteiger partial charge is 0.358 e. The van der Waals surface area contributed by atoms with Gasteiger partial charge in [0, 0.05) is 0 Å². The molecule has 0 rings (SSSR count). The van der Waals surface area contributed by atoms with Crippen molar-refractivity contribution in [3.05, 3.63) is 0 Å². The van der Waals surface area contributed by atoms with Crippen LogP contribution in [0.5, 0.6) is 0 Å². The summed E-state index contributed by atoms with van der Waals surface area (Å²) in [4.78, 5) is 0. The fraction of sp³-hybridized carbons (Fsp3) is 1.00. The van der Waals surface area contributed by atoms with E-state index in [-0.39, 0.29) is 13.2 Å². The van der Waals surface area contributed by atoms with Gasteiger partial charge in [0.15, 0.2) is 5.85 Å². The molecule has 4 nitrogen and oxygen atoms in total. The minimum absolute atomic E-state index is 0.290. The summed E-state index contributed by atoms with van der Waals surface area (Å²) in [7, 11) is -3.27. The molecule has 1 unspecified atom stereocenters. The number of aliphatic hydroxyl groups is 1. The van der Waals surface area contributed by atoms with Crippen molar-refractivity contribution in [3.8, 4) is 0 Å². The van der Waals surface area contributed by atoms with E-state index in [2.05, 4.69) is 0 Å². The van der Waals surface area contributed by atoms with Gasteiger partial charge in [-0.2, -0.15) is 0 Å². The molecule has 80 valence electrons. The molecular formula is C8H19O4P. The molecule has 0 aliphatic heterocycles. The Morgan fingerprint density at radius 2 is 1.69 bits per heavy atom. The molecule has 0 fully saturated rings. The van der Waals surface area contributed by atoms with E-state index in [0.29, 0.717) is 6.42 Å². The predicted octanol–water partition coefficient (Wildman–Crippen LogP) is 2.37. The maximum absolute atomic E-state index is 11.8. The Bertz CT molecular complexity index is 162. The zero-order chi connectivity index (χ0) is 10.3. The molecule has 0 spiro atoms. The van der Waals surface area contributed by atoms with Crippen molar-refractivity contribution < 1.29 is 18.7 Å². The van der Waals surface area contributed by atoms with Crippen molar-refractivity contribution in [2.24, 2.45) is 0 Å². The van der Waals surface area contributed by atoms with Gasteiger partial charge in [-0.05, 0) is 20.3 Å². The molecule has 0 amide bonds. The molecule has 0 aromatic rings. The maximum Gasteiger partial charge on any atom is 0.358 e. The first-order valence-corrected chi connectivity index (χ1v) is 6.28. The summed E-state index contributed by atoms with van der Waals surface area (Å²) >= 11 is 0. The molecule has 1 atom stereocenters. The highest BCUT2D eigenvalue weighted by Crippen LogP contribution is 2.53. The largest absolute Gasteiger partial charge is 0.380 e. The van der Waals surface area contributed by atoms with Crippen LogP contribution >= 0.6 is 7.60 Å². The van der Waals surface area contributed by atoms with Crippen molar-refractivity contribution >= 4 is 7.60 Å². The lowest BCUT2D eigenvalue weighted by Crippen LogP contribution is -2.12. The van der Waals surface area contributed by atoms with E-state index in [1.807, 2.05) is 6.92 Å². The van der Waals surface area contributed by atoms with Crippen LogP contribution in [0.15, 0.2) is 0 Å². The summed E-state index contributed by atoms with van der Waals surface area (Å²) in [5.74, 6) is -0.989. The molecule has 0 aromatic heterocycles. The third kappa shape index (κ3) is 4.23. The van der Waals surface area contributed by atoms with Crippen LogP contribution in [0.3, 0.4) is 0 Å². The Labute approximate surface area is 79.8 Å². The number of hydrogen-bond acceptors (Lipinski definition) is 4. The summed E-state index contributed by atoms with van der Waals surface area (Å²) < 4.78 is 21.7. The van der Waals surface area contributed by atoms with Gasteiger partial charge >= 0.3 is 7.60 Å². The molecule has 0 saturated heterocycles. The van der Waals surface area contributed by atoms with Crippen molar-refractivity contribution in [1.82, 2.24) is 0 Å². The van der Waals surface area contributed by atoms with E-state index in [1.54, 1.807) is 13.8 Å². The molecular weight excluding hydrogens is 191 g/mol. The van der Waals surface area contributed by atoms with E-state index >= 15 is 0 Å². The Kier molecular flexibility index (Phi) is 6.60. The summed E-state index contributed by atoms with van der Waals surface area (Å²) in [5.41, 5.74) is 0. The van der Waals surface area contributed by atoms with Crippen molar-refractivity contribution in [1.29, 1.82) is 0 Å². The highest BCUT2D eigenvalue weighted by atomic mass is 31.2. The molecule has 5 heteroatoms. The lowest BCUT2D eigenvalue weighted by molar-refractivity contribution is 0.144. The molecule has 0 aliphatic rings. The zero-order valence-electron chi connectivity index (χ0n) is 8.52. The van der Waals surface area contributed by atoms with E-state index in [1.165, 1.54) is 0 Å². The number of hydrogen-bond donors (Lipinski definition) is 1. The van der Waals surface area contributed by atoms with Crippen molar-refractivity contribution in [2.45, 2.75) is 39.5 Å². The maximum atomic E-state index is 11.8. The topological polar surface area (TPSA) is 55.8 Å². The Balaban J connectivity index is 4.28. The lowest BCUT2D eigenvalue weighted by atomic mass is 10.4. The Morgan fingerprint density at radius 3 is 2.00 bits per heavy atom. The van der Waals surface area contributed by atoms with E-state index in [9.17, 15) is 9.67 Å². The van der Waals surface area contributed by atoms with Gasteiger partial charge in [-0.25, -0.2) is 0 Å². The second-order valence-electron chi connectivity index (χ2n) is 2.64. The SMILES string of the molecule is CCCC(O)P(=O)(OCC)OCC. The highest BCUT2D eigenvalue weighted by molar-refractivity contribution is 7.54. The van der Waals surface area contributed by atoms with Crippen molar-refractivity contribution in [2.75, 3.05) is 13.2 Å². The zero-order valence-corrected chi connectivity index (χ0v) is 9.42. The van der Waals surface area contributed by atoms with Gasteiger partial charge in [-0.1, -0.05) is 13.3 Å². The molecule has 0 aromatic carbocycles. The first-order valence-electron chi connectivity index (χ1n) is 4.67. The van der Waals surface area contributed by atoms with Crippen molar-refractivity contribution in [3.63, 3.8) is 0 Å². The minimum Gasteiger partial charge on any atom is -0.380 e. The predicted molar refractivity (Wildman–Crippen MR) is 51.8 cm³/mol. The van der Waals surface area contributed by atoms with Gasteiger partial charge in [0.2, 0.25) is 0 Å². The number of aliphatic hydroxyl groups excluding tert-OH is 1. The van der Waals surface area contributed by atoms with Gasteiger partial charge in [-0.3, -0.25) is 4.57 Å². The van der Waals surface area contributed by atoms with Crippen LogP contribution in [0.2, 0.25) is 0 Å². The van der Waals surface area contributed by atoms with Gasteiger partial charge < -0.3 is 14.2 Å². The molecule has 1 N–H and O–H groups in total. The fourth-order valence-electron chi connectivity index (χ4n) is 0.986. The molecule has 0 heterocycles. The van der Waals surface area contributed by atoms with Crippen LogP contribution in [0.25, 0.3) is 0 Å². The molecule has 0 saturated carbocycles. The van der Waals surface area contributed by atoms with Crippen LogP contribution in [-0.4, -0.2) is 24.2 Å². The normalized spacial score (nSPS) is 14.5. The lowest BCUT2D eigenvalue weighted by Gasteiger charge is -2.21. The van der Waals surface area contributed by atoms with E-state index in [0.717, 1.165) is 6.42 Å². The number of rotatable bonds is 7. The van der Waals surface area contributed by atoms with Crippen LogP contribution in [-0.2, 0) is 13.6 Å². The van der Waals surface area contributed by atoms with Crippen LogP contribution in [0.1, 0.15) is 33.6 Å². The molecule has 0 radical (unpaired) electrons. The van der Waals surface area contributed by atoms with Gasteiger partial charge in [0.05, 0.1) is 13.2 Å². The minimum atomic E-state index is -3.27. The van der Waals surface area contributed by atoms with Gasteiger partial charge in [0.1, 0.15) is 0 Å². The monoisotopic (exact) mass is 210 g/mol. The van der Waals surface area contributed by atoms with Gasteiger partial charge in [0.25, 0.3) is 0 Å². The molecule has 0 bridgehead atoms. The second-order valence-corrected chi connectivity index (χ2v) is 4.84. The summed E-state index contributed by atoms with van der Waals surface area (Å²) in [5, 5.41) is 9.52. The third-order valence-corrected chi connectivity index (χ3v) is 3.75. The van der Waals surface area contributed by atoms with Crippen LogP contribution in [0, 0.1) is 0 Å². The quantitative estimate of drug-likeness (QED) is 0.655. The first kappa shape index (κ1) is 13.1. The second kappa shape index (κ2) is 6.55. The van der Waals surface area contributed by atoms with Gasteiger partial charge in [-0.15, -0.1) is 0 Å². The van der Waals surface area contributed by atoms with E-state index < -0.39 is 13.4 Å². The third-order valence-electron chi connectivity index (χ3n) is 1.53. The molecule has 0 aliphatic carbocycles. The fourth-order valence-corrected chi connectivity index (χ4v) is 2.70.